The van der Waals surface area contributed by atoms with Gasteiger partial charge in [-0.25, -0.2) is 13.4 Å². The van der Waals surface area contributed by atoms with E-state index in [2.05, 4.69) is 5.32 Å². The lowest BCUT2D eigenvalue weighted by molar-refractivity contribution is -0.117. The van der Waals surface area contributed by atoms with E-state index >= 15 is 4.39 Å². The van der Waals surface area contributed by atoms with Gasteiger partial charge in [-0.3, -0.25) is 4.79 Å². The zero-order chi connectivity index (χ0) is 22.3. The van der Waals surface area contributed by atoms with E-state index in [4.69, 9.17) is 4.74 Å². The molecule has 2 aliphatic rings. The molecule has 3 aromatic carbocycles. The lowest BCUT2D eigenvalue weighted by atomic mass is 9.93. The Morgan fingerprint density at radius 2 is 1.84 bits per heavy atom. The fourth-order valence-electron chi connectivity index (χ4n) is 4.04. The summed E-state index contributed by atoms with van der Waals surface area (Å²) in [5.74, 6) is -0.872. The summed E-state index contributed by atoms with van der Waals surface area (Å²) in [5.41, 5.74) is 1.57. The molecule has 0 bridgehead atoms. The molecular formula is C23H22FN3O4S. The van der Waals surface area contributed by atoms with E-state index in [1.54, 1.807) is 12.1 Å². The molecule has 2 saturated heterocycles. The monoisotopic (exact) mass is 455 g/mol. The van der Waals surface area contributed by atoms with E-state index in [1.807, 2.05) is 47.2 Å². The maximum atomic E-state index is 15.9. The van der Waals surface area contributed by atoms with Gasteiger partial charge in [0.1, 0.15) is 24.6 Å². The summed E-state index contributed by atoms with van der Waals surface area (Å²) in [6.45, 7) is 1.48. The van der Waals surface area contributed by atoms with Crippen LogP contribution in [0.3, 0.4) is 0 Å². The van der Waals surface area contributed by atoms with Crippen LogP contribution in [0.2, 0.25) is 0 Å². The second-order valence-electron chi connectivity index (χ2n) is 8.13. The molecule has 3 aromatic rings. The fourth-order valence-corrected chi connectivity index (χ4v) is 5.20. The van der Waals surface area contributed by atoms with Crippen LogP contribution in [0.25, 0.3) is 10.8 Å². The lowest BCUT2D eigenvalue weighted by Crippen LogP contribution is -2.43. The second-order valence-corrected chi connectivity index (χ2v) is 9.73. The number of halogens is 1. The zero-order valence-corrected chi connectivity index (χ0v) is 18.0. The summed E-state index contributed by atoms with van der Waals surface area (Å²) in [6, 6.07) is 16.5. The number of amides is 1. The maximum Gasteiger partial charge on any atom is 0.326 e. The molecule has 32 heavy (non-hydrogen) atoms. The summed E-state index contributed by atoms with van der Waals surface area (Å²) in [7, 11) is -4.20. The molecule has 7 nitrogen and oxygen atoms in total. The molecule has 2 N–H and O–H groups in total. The Balaban J connectivity index is 1.59. The molecule has 0 aromatic heterocycles. The molecule has 0 unspecified atom stereocenters. The van der Waals surface area contributed by atoms with Crippen molar-refractivity contribution in [2.45, 2.75) is 13.0 Å². The topological polar surface area (TPSA) is 87.7 Å². The second kappa shape index (κ2) is 8.07. The Hall–Kier alpha value is -3.17. The van der Waals surface area contributed by atoms with Crippen molar-refractivity contribution in [3.8, 4) is 5.75 Å². The number of hydrogen-bond donors (Lipinski definition) is 2. The highest BCUT2D eigenvalue weighted by molar-refractivity contribution is 7.92. The number of fused-ring (bicyclic) bond motifs is 1. The van der Waals surface area contributed by atoms with E-state index in [1.165, 1.54) is 0 Å². The Morgan fingerprint density at radius 1 is 1.06 bits per heavy atom. The minimum Gasteiger partial charge on any atom is -0.487 e. The number of anilines is 1. The molecule has 5 rings (SSSR count). The molecule has 1 amide bonds. The van der Waals surface area contributed by atoms with Gasteiger partial charge in [-0.1, -0.05) is 42.5 Å². The summed E-state index contributed by atoms with van der Waals surface area (Å²) in [4.78, 5) is 11.8. The lowest BCUT2D eigenvalue weighted by Gasteiger charge is -2.27. The number of carbonyl (C=O) groups excluding carboxylic acids is 1. The number of hydrogen-bond acceptors (Lipinski definition) is 5. The highest BCUT2D eigenvalue weighted by Gasteiger charge is 2.38. The molecule has 0 saturated carbocycles. The van der Waals surface area contributed by atoms with Crippen molar-refractivity contribution in [2.75, 3.05) is 23.9 Å². The van der Waals surface area contributed by atoms with Crippen molar-refractivity contribution < 1.29 is 22.3 Å². The highest BCUT2D eigenvalue weighted by atomic mass is 32.2. The van der Waals surface area contributed by atoms with Crippen LogP contribution in [0.1, 0.15) is 11.1 Å². The van der Waals surface area contributed by atoms with Crippen LogP contribution >= 0.6 is 0 Å². The quantitative estimate of drug-likeness (QED) is 0.596. The van der Waals surface area contributed by atoms with Gasteiger partial charge in [-0.05, 0) is 54.1 Å². The number of benzene rings is 3. The average Bonchev–Trinajstić information content (AvgIpc) is 3.02. The highest BCUT2D eigenvalue weighted by Crippen LogP contribution is 2.40. The van der Waals surface area contributed by atoms with Gasteiger partial charge in [0.15, 0.2) is 5.82 Å². The molecule has 0 spiro atoms. The molecular weight excluding hydrogens is 433 g/mol. The predicted molar refractivity (Wildman–Crippen MR) is 119 cm³/mol. The van der Waals surface area contributed by atoms with Crippen molar-refractivity contribution in [1.29, 1.82) is 0 Å². The van der Waals surface area contributed by atoms with E-state index in [-0.39, 0.29) is 18.0 Å². The number of ether oxygens (including phenoxy) is 1. The molecule has 0 aliphatic carbocycles. The van der Waals surface area contributed by atoms with Gasteiger partial charge in [0.25, 0.3) is 5.91 Å². The first-order valence-electron chi connectivity index (χ1n) is 10.4. The van der Waals surface area contributed by atoms with Gasteiger partial charge >= 0.3 is 10.2 Å². The fraction of sp³-hybridized carbons (Fsp3) is 0.261. The van der Waals surface area contributed by atoms with E-state index in [0.717, 1.165) is 34.9 Å². The van der Waals surface area contributed by atoms with Crippen LogP contribution in [-0.4, -0.2) is 34.0 Å². The third-order valence-electron chi connectivity index (χ3n) is 5.78. The third kappa shape index (κ3) is 3.89. The molecule has 2 heterocycles. The molecule has 0 radical (unpaired) electrons. The average molecular weight is 456 g/mol. The number of nitrogens with zero attached hydrogens (tertiary/aromatic N) is 1. The summed E-state index contributed by atoms with van der Waals surface area (Å²) < 4.78 is 49.4. The molecule has 9 heteroatoms. The Labute approximate surface area is 185 Å². The van der Waals surface area contributed by atoms with Gasteiger partial charge in [-0.15, -0.1) is 0 Å². The first-order chi connectivity index (χ1) is 15.4. The molecule has 0 atom stereocenters. The van der Waals surface area contributed by atoms with E-state index < -0.39 is 28.5 Å². The predicted octanol–water partition coefficient (Wildman–Crippen LogP) is 2.50. The number of carbonyl (C=O) groups is 1. The van der Waals surface area contributed by atoms with Crippen molar-refractivity contribution in [3.63, 3.8) is 0 Å². The van der Waals surface area contributed by atoms with E-state index in [0.29, 0.717) is 16.7 Å². The van der Waals surface area contributed by atoms with Crippen molar-refractivity contribution in [3.05, 3.63) is 71.5 Å². The van der Waals surface area contributed by atoms with Crippen LogP contribution in [-0.2, 0) is 28.0 Å². The minimum atomic E-state index is -4.20. The van der Waals surface area contributed by atoms with Gasteiger partial charge < -0.3 is 10.1 Å². The number of rotatable bonds is 6. The van der Waals surface area contributed by atoms with Crippen molar-refractivity contribution in [1.82, 2.24) is 10.0 Å². The van der Waals surface area contributed by atoms with Gasteiger partial charge in [0, 0.05) is 5.39 Å². The SMILES string of the molecule is O=C1CN(c2c(OCc3ccccc3)cc3ccc(CC4CNC4)cc3c2F)S(=O)(=O)N1. The van der Waals surface area contributed by atoms with Crippen LogP contribution in [0.15, 0.2) is 54.6 Å². The molecule has 2 aliphatic heterocycles. The smallest absolute Gasteiger partial charge is 0.326 e. The number of nitrogens with one attached hydrogen (secondary N) is 2. The minimum absolute atomic E-state index is 0.0647. The van der Waals surface area contributed by atoms with Crippen LogP contribution in [0.5, 0.6) is 5.75 Å². The Morgan fingerprint density at radius 3 is 2.50 bits per heavy atom. The first-order valence-corrected chi connectivity index (χ1v) is 11.8. The standard InChI is InChI=1S/C23H22FN3O4S/c24-22-19-9-16(8-17-11-25-12-17)6-7-18(19)10-20(31-14-15-4-2-1-3-5-15)23(22)27-13-21(28)26-32(27,29)30/h1-7,9-10,17,25H,8,11-14H2,(H,26,28). The summed E-state index contributed by atoms with van der Waals surface area (Å²) in [6.07, 6.45) is 0.812. The summed E-state index contributed by atoms with van der Waals surface area (Å²) in [5, 5.41) is 4.12. The normalized spacial score (nSPS) is 17.9. The van der Waals surface area contributed by atoms with Crippen molar-refractivity contribution in [2.24, 2.45) is 5.92 Å². The summed E-state index contributed by atoms with van der Waals surface area (Å²) >= 11 is 0. The van der Waals surface area contributed by atoms with Crippen LogP contribution < -0.4 is 19.1 Å². The van der Waals surface area contributed by atoms with Gasteiger partial charge in [0.05, 0.1) is 0 Å². The van der Waals surface area contributed by atoms with Crippen LogP contribution in [0, 0.1) is 11.7 Å². The van der Waals surface area contributed by atoms with E-state index in [9.17, 15) is 13.2 Å². The third-order valence-corrected chi connectivity index (χ3v) is 7.16. The largest absolute Gasteiger partial charge is 0.487 e. The molecule has 166 valence electrons. The van der Waals surface area contributed by atoms with Crippen molar-refractivity contribution >= 4 is 32.6 Å². The van der Waals surface area contributed by atoms with Gasteiger partial charge in [-0.2, -0.15) is 8.42 Å². The Bertz CT molecular complexity index is 1290. The van der Waals surface area contributed by atoms with Crippen LogP contribution in [0.4, 0.5) is 10.1 Å². The van der Waals surface area contributed by atoms with Gasteiger partial charge in [0.2, 0.25) is 0 Å². The maximum absolute atomic E-state index is 15.9. The first kappa shape index (κ1) is 20.7. The molecule has 2 fully saturated rings. The Kier molecular flexibility index (Phi) is 5.22. The zero-order valence-electron chi connectivity index (χ0n) is 17.2.